The minimum absolute atomic E-state index is 0.204. The van der Waals surface area contributed by atoms with Gasteiger partial charge < -0.3 is 14.5 Å². The van der Waals surface area contributed by atoms with E-state index in [1.54, 1.807) is 4.90 Å². The summed E-state index contributed by atoms with van der Waals surface area (Å²) in [6.07, 6.45) is -0.204. The maximum absolute atomic E-state index is 11.9. The summed E-state index contributed by atoms with van der Waals surface area (Å²) in [4.78, 5) is 18.6. The number of benzene rings is 2. The van der Waals surface area contributed by atoms with Crippen LogP contribution in [0.15, 0.2) is 52.3 Å². The van der Waals surface area contributed by atoms with E-state index in [0.29, 0.717) is 19.7 Å². The van der Waals surface area contributed by atoms with Crippen LogP contribution in [0.5, 0.6) is 0 Å². The first-order valence-corrected chi connectivity index (χ1v) is 10.9. The van der Waals surface area contributed by atoms with Gasteiger partial charge >= 0.3 is 6.09 Å². The number of hydrogen-bond donors (Lipinski definition) is 0. The zero-order valence-corrected chi connectivity index (χ0v) is 18.5. The first kappa shape index (κ1) is 22.2. The van der Waals surface area contributed by atoms with E-state index in [9.17, 15) is 4.79 Å². The number of rotatable bonds is 4. The quantitative estimate of drug-likeness (QED) is 0.653. The Hall–Kier alpha value is -2.14. The molecule has 1 saturated heterocycles. The van der Waals surface area contributed by atoms with Gasteiger partial charge in [0, 0.05) is 36.0 Å². The van der Waals surface area contributed by atoms with Crippen molar-refractivity contribution in [3.63, 3.8) is 0 Å². The Morgan fingerprint density at radius 3 is 2.32 bits per heavy atom. The Morgan fingerprint density at radius 1 is 1.00 bits per heavy atom. The SMILES string of the molecule is CC.CCOC(=O)N1CCN(c2ccccc2Sc2ccc(C)cc2C)CC1. The van der Waals surface area contributed by atoms with E-state index in [4.69, 9.17) is 4.74 Å². The summed E-state index contributed by atoms with van der Waals surface area (Å²) < 4.78 is 5.11. The van der Waals surface area contributed by atoms with Gasteiger partial charge in [0.05, 0.1) is 12.3 Å². The number of hydrogen-bond acceptors (Lipinski definition) is 4. The summed E-state index contributed by atoms with van der Waals surface area (Å²) in [5, 5.41) is 0. The zero-order valence-electron chi connectivity index (χ0n) is 17.7. The molecule has 2 aromatic carbocycles. The van der Waals surface area contributed by atoms with Crippen LogP contribution < -0.4 is 4.90 Å². The monoisotopic (exact) mass is 400 g/mol. The number of para-hydroxylation sites is 1. The van der Waals surface area contributed by atoms with Gasteiger partial charge in [-0.2, -0.15) is 0 Å². The molecule has 0 radical (unpaired) electrons. The Morgan fingerprint density at radius 2 is 1.68 bits per heavy atom. The number of piperazine rings is 1. The summed E-state index contributed by atoms with van der Waals surface area (Å²) in [5.41, 5.74) is 3.83. The van der Waals surface area contributed by atoms with Crippen molar-refractivity contribution in [2.45, 2.75) is 44.4 Å². The Balaban J connectivity index is 0.00000136. The highest BCUT2D eigenvalue weighted by atomic mass is 32.2. The van der Waals surface area contributed by atoms with Gasteiger partial charge in [0.15, 0.2) is 0 Å². The number of aryl methyl sites for hydroxylation is 2. The highest BCUT2D eigenvalue weighted by Crippen LogP contribution is 2.37. The molecule has 1 heterocycles. The molecule has 2 aromatic rings. The number of carbonyl (C=O) groups is 1. The van der Waals surface area contributed by atoms with Crippen molar-refractivity contribution in [1.29, 1.82) is 0 Å². The van der Waals surface area contributed by atoms with E-state index in [0.717, 1.165) is 13.1 Å². The predicted octanol–water partition coefficient (Wildman–Crippen LogP) is 5.76. The molecule has 0 unspecified atom stereocenters. The first-order chi connectivity index (χ1) is 13.6. The minimum atomic E-state index is -0.204. The molecule has 1 aliphatic rings. The Labute approximate surface area is 173 Å². The van der Waals surface area contributed by atoms with Crippen molar-refractivity contribution in [2.75, 3.05) is 37.7 Å². The third-order valence-corrected chi connectivity index (χ3v) is 5.81. The minimum Gasteiger partial charge on any atom is -0.450 e. The normalized spacial score (nSPS) is 13.6. The second-order valence-corrected chi connectivity index (χ2v) is 7.60. The van der Waals surface area contributed by atoms with Crippen molar-refractivity contribution in [1.82, 2.24) is 4.90 Å². The van der Waals surface area contributed by atoms with E-state index < -0.39 is 0 Å². The second-order valence-electron chi connectivity index (χ2n) is 6.51. The van der Waals surface area contributed by atoms with Crippen LogP contribution in [0.2, 0.25) is 0 Å². The molecular weight excluding hydrogens is 368 g/mol. The molecule has 152 valence electrons. The van der Waals surface area contributed by atoms with E-state index >= 15 is 0 Å². The van der Waals surface area contributed by atoms with Gasteiger partial charge in [-0.1, -0.05) is 55.4 Å². The van der Waals surface area contributed by atoms with Gasteiger partial charge in [0.1, 0.15) is 0 Å². The number of ether oxygens (including phenoxy) is 1. The lowest BCUT2D eigenvalue weighted by Gasteiger charge is -2.36. The molecule has 1 amide bonds. The number of nitrogens with zero attached hydrogens (tertiary/aromatic N) is 2. The summed E-state index contributed by atoms with van der Waals surface area (Å²) in [6.45, 7) is 13.6. The van der Waals surface area contributed by atoms with Crippen molar-refractivity contribution in [3.05, 3.63) is 53.6 Å². The van der Waals surface area contributed by atoms with Crippen molar-refractivity contribution >= 4 is 23.5 Å². The Kier molecular flexibility index (Phi) is 8.71. The van der Waals surface area contributed by atoms with Crippen LogP contribution in [0.3, 0.4) is 0 Å². The second kappa shape index (κ2) is 11.0. The standard InChI is InChI=1S/C21H26N2O2S.C2H6/c1-4-25-21(24)23-13-11-22(12-14-23)18-7-5-6-8-20(18)26-19-10-9-16(2)15-17(19)3;1-2/h5-10,15H,4,11-14H2,1-3H3;1-2H3. The fourth-order valence-corrected chi connectivity index (χ4v) is 4.22. The highest BCUT2D eigenvalue weighted by Gasteiger charge is 2.23. The zero-order chi connectivity index (χ0) is 20.5. The highest BCUT2D eigenvalue weighted by molar-refractivity contribution is 7.99. The molecule has 4 nitrogen and oxygen atoms in total. The summed E-state index contributed by atoms with van der Waals surface area (Å²) in [6, 6.07) is 15.1. The van der Waals surface area contributed by atoms with Gasteiger partial charge in [-0.15, -0.1) is 0 Å². The lowest BCUT2D eigenvalue weighted by molar-refractivity contribution is 0.105. The maximum atomic E-state index is 11.9. The topological polar surface area (TPSA) is 32.8 Å². The van der Waals surface area contributed by atoms with Crippen LogP contribution >= 0.6 is 11.8 Å². The van der Waals surface area contributed by atoms with Gasteiger partial charge in [-0.3, -0.25) is 0 Å². The third-order valence-electron chi connectivity index (χ3n) is 4.56. The van der Waals surface area contributed by atoms with Crippen LogP contribution in [0, 0.1) is 13.8 Å². The molecule has 1 fully saturated rings. The van der Waals surface area contributed by atoms with E-state index in [1.807, 2.05) is 32.5 Å². The van der Waals surface area contributed by atoms with Gasteiger partial charge in [0.25, 0.3) is 0 Å². The van der Waals surface area contributed by atoms with Crippen molar-refractivity contribution < 1.29 is 9.53 Å². The smallest absolute Gasteiger partial charge is 0.409 e. The van der Waals surface area contributed by atoms with Gasteiger partial charge in [0.2, 0.25) is 0 Å². The molecule has 0 N–H and O–H groups in total. The molecule has 0 saturated carbocycles. The summed E-state index contributed by atoms with van der Waals surface area (Å²) in [5.74, 6) is 0. The van der Waals surface area contributed by atoms with Crippen LogP contribution in [0.1, 0.15) is 31.9 Å². The van der Waals surface area contributed by atoms with Gasteiger partial charge in [-0.05, 0) is 44.5 Å². The first-order valence-electron chi connectivity index (χ1n) is 10.1. The van der Waals surface area contributed by atoms with Crippen LogP contribution in [0.4, 0.5) is 10.5 Å². The van der Waals surface area contributed by atoms with Crippen molar-refractivity contribution in [2.24, 2.45) is 0 Å². The average Bonchev–Trinajstić information content (AvgIpc) is 2.72. The molecule has 0 aliphatic carbocycles. The number of anilines is 1. The summed E-state index contributed by atoms with van der Waals surface area (Å²) in [7, 11) is 0. The number of amides is 1. The predicted molar refractivity (Wildman–Crippen MR) is 119 cm³/mol. The van der Waals surface area contributed by atoms with E-state index in [2.05, 4.69) is 61.2 Å². The molecule has 28 heavy (non-hydrogen) atoms. The fourth-order valence-electron chi connectivity index (χ4n) is 3.18. The van der Waals surface area contributed by atoms with Crippen molar-refractivity contribution in [3.8, 4) is 0 Å². The number of carbonyl (C=O) groups excluding carboxylic acids is 1. The Bertz CT molecular complexity index is 771. The third kappa shape index (κ3) is 5.68. The maximum Gasteiger partial charge on any atom is 0.409 e. The van der Waals surface area contributed by atoms with Gasteiger partial charge in [-0.25, -0.2) is 4.79 Å². The van der Waals surface area contributed by atoms with Crippen LogP contribution in [-0.2, 0) is 4.74 Å². The lowest BCUT2D eigenvalue weighted by Crippen LogP contribution is -2.49. The van der Waals surface area contributed by atoms with E-state index in [-0.39, 0.29) is 6.09 Å². The molecule has 0 spiro atoms. The van der Waals surface area contributed by atoms with Crippen LogP contribution in [-0.4, -0.2) is 43.8 Å². The summed E-state index contributed by atoms with van der Waals surface area (Å²) >= 11 is 1.81. The molecule has 1 aliphatic heterocycles. The fraction of sp³-hybridized carbons (Fsp3) is 0.435. The largest absolute Gasteiger partial charge is 0.450 e. The lowest BCUT2D eigenvalue weighted by atomic mass is 10.2. The molecular formula is C23H32N2O2S. The van der Waals surface area contributed by atoms with Crippen LogP contribution in [0.25, 0.3) is 0 Å². The van der Waals surface area contributed by atoms with E-state index in [1.165, 1.54) is 26.6 Å². The average molecular weight is 401 g/mol. The molecule has 5 heteroatoms. The molecule has 0 aromatic heterocycles. The molecule has 3 rings (SSSR count). The molecule has 0 bridgehead atoms. The molecule has 0 atom stereocenters.